The highest BCUT2D eigenvalue weighted by Gasteiger charge is 2.40. The number of esters is 1. The normalized spacial score (nSPS) is 21.2. The smallest absolute Gasteiger partial charge is 0.456 e. The monoisotopic (exact) mass is 474 g/mol. The second-order valence-corrected chi connectivity index (χ2v) is 9.63. The second kappa shape index (κ2) is 8.25. The molecule has 1 aromatic carbocycles. The number of halogens is 1. The summed E-state index contributed by atoms with van der Waals surface area (Å²) in [5.41, 5.74) is -0.470. The maximum absolute atomic E-state index is 12.5. The van der Waals surface area contributed by atoms with E-state index in [4.69, 9.17) is 9.47 Å². The van der Waals surface area contributed by atoms with Gasteiger partial charge < -0.3 is 9.47 Å². The first-order valence-corrected chi connectivity index (χ1v) is 10.1. The van der Waals surface area contributed by atoms with Gasteiger partial charge in [-0.3, -0.25) is 0 Å². The van der Waals surface area contributed by atoms with E-state index in [0.29, 0.717) is 18.7 Å². The number of hydrogen-bond donors (Lipinski definition) is 1. The predicted octanol–water partition coefficient (Wildman–Crippen LogP) is 3.46. The summed E-state index contributed by atoms with van der Waals surface area (Å²) in [5.74, 6) is -0.0733. The molecule has 0 atom stereocenters. The average molecular weight is 474 g/mol. The number of alkyl carbamates (subject to hydrolysis) is 2. The van der Waals surface area contributed by atoms with E-state index in [0.717, 1.165) is 21.3 Å². The van der Waals surface area contributed by atoms with Gasteiger partial charge in [0.15, 0.2) is 0 Å². The Morgan fingerprint density at radius 1 is 1.08 bits per heavy atom. The Hall–Kier alpha value is -1.15. The highest BCUT2D eigenvalue weighted by molar-refractivity contribution is 14.1. The Morgan fingerprint density at radius 2 is 1.69 bits per heavy atom. The van der Waals surface area contributed by atoms with Gasteiger partial charge in [-0.2, -0.15) is 4.79 Å². The van der Waals surface area contributed by atoms with E-state index >= 15 is 0 Å². The third kappa shape index (κ3) is 5.94. The molecule has 5 nitrogen and oxygen atoms in total. The number of likely N-dealkylation sites (tertiary alicyclic amines) is 1. The number of rotatable bonds is 3. The van der Waals surface area contributed by atoms with E-state index in [2.05, 4.69) is 22.6 Å². The molecule has 1 aromatic rings. The Bertz CT molecular complexity index is 658. The molecule has 1 heterocycles. The van der Waals surface area contributed by atoms with Gasteiger partial charge in [0.1, 0.15) is 11.2 Å². The van der Waals surface area contributed by atoms with Gasteiger partial charge in [-0.15, -0.1) is 0 Å². The average Bonchev–Trinajstić information content (AvgIpc) is 2.53. The van der Waals surface area contributed by atoms with Crippen LogP contribution in [0.1, 0.15) is 57.8 Å². The van der Waals surface area contributed by atoms with Crippen LogP contribution in [0.25, 0.3) is 0 Å². The van der Waals surface area contributed by atoms with Crippen LogP contribution in [0.4, 0.5) is 4.79 Å². The number of hydrogen-bond acceptors (Lipinski definition) is 4. The van der Waals surface area contributed by atoms with Crippen molar-refractivity contribution in [3.05, 3.63) is 33.4 Å². The van der Waals surface area contributed by atoms with Crippen LogP contribution in [0.15, 0.2) is 24.3 Å². The summed E-state index contributed by atoms with van der Waals surface area (Å²) >= 11 is 2.18. The molecule has 0 saturated carbocycles. The van der Waals surface area contributed by atoms with Crippen molar-refractivity contribution in [2.45, 2.75) is 58.7 Å². The SMILES string of the molecule is CC(C)(C)OC(=O)[NH+]1CCC(C(C)(C)OC(=O)c2cccc(I)c2)CC1. The van der Waals surface area contributed by atoms with E-state index in [1.165, 1.54) is 0 Å². The van der Waals surface area contributed by atoms with Crippen LogP contribution in [-0.4, -0.2) is 36.4 Å². The van der Waals surface area contributed by atoms with Crippen LogP contribution >= 0.6 is 22.6 Å². The third-order valence-corrected chi connectivity index (χ3v) is 5.35. The van der Waals surface area contributed by atoms with Crippen molar-refractivity contribution in [1.29, 1.82) is 0 Å². The van der Waals surface area contributed by atoms with E-state index < -0.39 is 11.2 Å². The van der Waals surface area contributed by atoms with Crippen LogP contribution in [0.5, 0.6) is 0 Å². The van der Waals surface area contributed by atoms with Crippen LogP contribution in [0.2, 0.25) is 0 Å². The van der Waals surface area contributed by atoms with Gasteiger partial charge in [0.25, 0.3) is 0 Å². The van der Waals surface area contributed by atoms with Crippen molar-refractivity contribution >= 4 is 34.7 Å². The first-order valence-electron chi connectivity index (χ1n) is 9.05. The van der Waals surface area contributed by atoms with Gasteiger partial charge in [0, 0.05) is 22.3 Å². The largest absolute Gasteiger partial charge is 0.514 e. The molecular formula is C20H29INO4+. The number of quaternary nitrogens is 1. The summed E-state index contributed by atoms with van der Waals surface area (Å²) in [4.78, 5) is 25.5. The fraction of sp³-hybridized carbons (Fsp3) is 0.600. The molecule has 0 unspecified atom stereocenters. The Labute approximate surface area is 169 Å². The van der Waals surface area contributed by atoms with Crippen molar-refractivity contribution in [2.75, 3.05) is 13.1 Å². The maximum atomic E-state index is 12.5. The Balaban J connectivity index is 1.93. The van der Waals surface area contributed by atoms with Crippen LogP contribution in [-0.2, 0) is 9.47 Å². The minimum atomic E-state index is -0.572. The highest BCUT2D eigenvalue weighted by atomic mass is 127. The molecular weight excluding hydrogens is 445 g/mol. The molecule has 1 fully saturated rings. The molecule has 0 bridgehead atoms. The van der Waals surface area contributed by atoms with Crippen LogP contribution < -0.4 is 4.90 Å². The number of carbonyl (C=O) groups excluding carboxylic acids is 2. The molecule has 1 aliphatic rings. The van der Waals surface area contributed by atoms with Gasteiger partial charge in [-0.05, 0) is 75.4 Å². The standard InChI is InChI=1S/C20H28INO4/c1-19(2,3)26-18(24)22-11-9-15(10-12-22)20(4,5)25-17(23)14-7-6-8-16(21)13-14/h6-8,13,15H,9-12H2,1-5H3/p+1. The summed E-state index contributed by atoms with van der Waals surface area (Å²) in [5, 5.41) is 0. The fourth-order valence-corrected chi connectivity index (χ4v) is 3.76. The summed E-state index contributed by atoms with van der Waals surface area (Å²) in [6, 6.07) is 7.40. The maximum Gasteiger partial charge on any atom is 0.514 e. The topological polar surface area (TPSA) is 57.0 Å². The molecule has 1 amide bonds. The zero-order chi connectivity index (χ0) is 19.5. The zero-order valence-electron chi connectivity index (χ0n) is 16.2. The molecule has 0 aliphatic carbocycles. The van der Waals surface area contributed by atoms with E-state index in [-0.39, 0.29) is 18.0 Å². The van der Waals surface area contributed by atoms with Crippen LogP contribution in [0.3, 0.4) is 0 Å². The lowest BCUT2D eigenvalue weighted by Crippen LogP contribution is -3.16. The van der Waals surface area contributed by atoms with Gasteiger partial charge >= 0.3 is 12.1 Å². The summed E-state index contributed by atoms with van der Waals surface area (Å²) in [6.45, 7) is 11.0. The number of piperidine rings is 1. The zero-order valence-corrected chi connectivity index (χ0v) is 18.4. The number of amides is 1. The van der Waals surface area contributed by atoms with E-state index in [1.807, 2.05) is 52.8 Å². The van der Waals surface area contributed by atoms with Crippen molar-refractivity contribution < 1.29 is 24.0 Å². The molecule has 1 aliphatic heterocycles. The molecule has 1 saturated heterocycles. The Morgan fingerprint density at radius 3 is 2.23 bits per heavy atom. The fourth-order valence-electron chi connectivity index (χ4n) is 3.21. The predicted molar refractivity (Wildman–Crippen MR) is 108 cm³/mol. The molecule has 144 valence electrons. The molecule has 6 heteroatoms. The lowest BCUT2D eigenvalue weighted by Gasteiger charge is -2.37. The van der Waals surface area contributed by atoms with E-state index in [1.54, 1.807) is 6.07 Å². The van der Waals surface area contributed by atoms with Gasteiger partial charge in [-0.1, -0.05) is 6.07 Å². The minimum Gasteiger partial charge on any atom is -0.456 e. The van der Waals surface area contributed by atoms with Crippen LogP contribution in [0, 0.1) is 9.49 Å². The minimum absolute atomic E-state index is 0.190. The first kappa shape index (κ1) is 21.2. The Kier molecular flexibility index (Phi) is 6.71. The van der Waals surface area contributed by atoms with Crippen molar-refractivity contribution in [3.63, 3.8) is 0 Å². The molecule has 0 aromatic heterocycles. The van der Waals surface area contributed by atoms with E-state index in [9.17, 15) is 9.59 Å². The van der Waals surface area contributed by atoms with Gasteiger partial charge in [0.05, 0.1) is 18.7 Å². The highest BCUT2D eigenvalue weighted by Crippen LogP contribution is 2.29. The summed E-state index contributed by atoms with van der Waals surface area (Å²) < 4.78 is 12.3. The third-order valence-electron chi connectivity index (χ3n) is 4.68. The number of ether oxygens (including phenoxy) is 2. The van der Waals surface area contributed by atoms with Gasteiger partial charge in [-0.25, -0.2) is 9.69 Å². The van der Waals surface area contributed by atoms with Crippen molar-refractivity contribution in [2.24, 2.45) is 5.92 Å². The molecule has 26 heavy (non-hydrogen) atoms. The second-order valence-electron chi connectivity index (χ2n) is 8.38. The lowest BCUT2D eigenvalue weighted by molar-refractivity contribution is -0.832. The summed E-state index contributed by atoms with van der Waals surface area (Å²) in [7, 11) is 0. The first-order chi connectivity index (χ1) is 12.0. The molecule has 0 radical (unpaired) electrons. The number of nitrogens with one attached hydrogen (secondary N) is 1. The quantitative estimate of drug-likeness (QED) is 0.539. The van der Waals surface area contributed by atoms with Crippen molar-refractivity contribution in [1.82, 2.24) is 0 Å². The van der Waals surface area contributed by atoms with Gasteiger partial charge in [0.2, 0.25) is 0 Å². The summed E-state index contributed by atoms with van der Waals surface area (Å²) in [6.07, 6.45) is 1.45. The molecule has 2 rings (SSSR count). The molecule has 1 N–H and O–H groups in total. The number of carbonyl (C=O) groups is 2. The number of benzene rings is 1. The lowest BCUT2D eigenvalue weighted by atomic mass is 9.83. The molecule has 0 spiro atoms. The van der Waals surface area contributed by atoms with Crippen molar-refractivity contribution in [3.8, 4) is 0 Å².